The third kappa shape index (κ3) is 3.65. The first kappa shape index (κ1) is 15.4. The predicted octanol–water partition coefficient (Wildman–Crippen LogP) is 4.07. The van der Waals surface area contributed by atoms with Crippen LogP contribution < -0.4 is 4.74 Å². The summed E-state index contributed by atoms with van der Waals surface area (Å²) >= 11 is 0. The van der Waals surface area contributed by atoms with Gasteiger partial charge in [0.1, 0.15) is 5.75 Å². The van der Waals surface area contributed by atoms with Crippen LogP contribution in [0.1, 0.15) is 35.3 Å². The molecule has 0 aliphatic carbocycles. The van der Waals surface area contributed by atoms with Crippen LogP contribution in [0.15, 0.2) is 12.1 Å². The molecule has 2 nitrogen and oxygen atoms in total. The van der Waals surface area contributed by atoms with Crippen molar-refractivity contribution in [3.05, 3.63) is 28.8 Å². The lowest BCUT2D eigenvalue weighted by atomic mass is 10.00. The van der Waals surface area contributed by atoms with Crippen molar-refractivity contribution in [2.45, 2.75) is 33.1 Å². The van der Waals surface area contributed by atoms with E-state index in [1.165, 1.54) is 6.92 Å². The Kier molecular flexibility index (Phi) is 4.49. The van der Waals surface area contributed by atoms with Gasteiger partial charge in [-0.25, -0.2) is 0 Å². The van der Waals surface area contributed by atoms with E-state index in [4.69, 9.17) is 0 Å². The molecular weight excluding hydrogens is 271 g/mol. The van der Waals surface area contributed by atoms with E-state index < -0.39 is 29.9 Å². The zero-order valence-corrected chi connectivity index (χ0v) is 10.1. The summed E-state index contributed by atoms with van der Waals surface area (Å²) in [7, 11) is 0. The van der Waals surface area contributed by atoms with E-state index in [-0.39, 0.29) is 17.5 Å². The number of halogens is 5. The molecule has 0 saturated carbocycles. The number of alkyl halides is 5. The van der Waals surface area contributed by atoms with Gasteiger partial charge >= 0.3 is 12.8 Å². The van der Waals surface area contributed by atoms with Gasteiger partial charge in [-0.1, -0.05) is 6.92 Å². The molecule has 106 valence electrons. The van der Waals surface area contributed by atoms with E-state index in [2.05, 4.69) is 4.74 Å². The maximum absolute atomic E-state index is 12.8. The zero-order valence-electron chi connectivity index (χ0n) is 10.1. The van der Waals surface area contributed by atoms with Crippen LogP contribution in [-0.4, -0.2) is 12.4 Å². The van der Waals surface area contributed by atoms with Crippen molar-refractivity contribution in [1.29, 1.82) is 0 Å². The number of carbonyl (C=O) groups is 1. The number of Topliss-reactive ketones (excluding diaryl/α,β-unsaturated/α-hetero) is 1. The van der Waals surface area contributed by atoms with Crippen molar-refractivity contribution >= 4 is 5.78 Å². The van der Waals surface area contributed by atoms with E-state index >= 15 is 0 Å². The minimum absolute atomic E-state index is 0.0340. The number of hydrogen-bond acceptors (Lipinski definition) is 2. The molecule has 0 fully saturated rings. The van der Waals surface area contributed by atoms with Crippen LogP contribution in [0.3, 0.4) is 0 Å². The Hall–Kier alpha value is -1.66. The summed E-state index contributed by atoms with van der Waals surface area (Å²) in [5.41, 5.74) is -1.64. The average Bonchev–Trinajstić information content (AvgIpc) is 2.26. The van der Waals surface area contributed by atoms with Crippen molar-refractivity contribution in [1.82, 2.24) is 0 Å². The molecule has 1 aromatic carbocycles. The number of ether oxygens (including phenoxy) is 1. The highest BCUT2D eigenvalue weighted by molar-refractivity contribution is 5.94. The van der Waals surface area contributed by atoms with Gasteiger partial charge in [-0.15, -0.1) is 0 Å². The van der Waals surface area contributed by atoms with Crippen molar-refractivity contribution in [3.8, 4) is 5.75 Å². The summed E-state index contributed by atoms with van der Waals surface area (Å²) in [5.74, 6) is -1.50. The second kappa shape index (κ2) is 5.54. The van der Waals surface area contributed by atoms with E-state index in [0.717, 1.165) is 13.0 Å². The second-order valence-electron chi connectivity index (χ2n) is 3.80. The van der Waals surface area contributed by atoms with Gasteiger partial charge in [0.2, 0.25) is 0 Å². The van der Waals surface area contributed by atoms with Gasteiger partial charge in [-0.2, -0.15) is 22.0 Å². The lowest BCUT2D eigenvalue weighted by molar-refractivity contribution is -0.142. The van der Waals surface area contributed by atoms with E-state index in [1.54, 1.807) is 0 Å². The predicted molar refractivity (Wildman–Crippen MR) is 57.5 cm³/mol. The van der Waals surface area contributed by atoms with Crippen molar-refractivity contribution < 1.29 is 31.5 Å². The van der Waals surface area contributed by atoms with E-state index in [1.807, 2.05) is 0 Å². The minimum atomic E-state index is -4.88. The largest absolute Gasteiger partial charge is 0.434 e. The normalized spacial score (nSPS) is 11.8. The quantitative estimate of drug-likeness (QED) is 0.614. The molecule has 0 aliphatic rings. The monoisotopic (exact) mass is 282 g/mol. The van der Waals surface area contributed by atoms with Gasteiger partial charge in [0, 0.05) is 5.56 Å². The third-order valence-corrected chi connectivity index (χ3v) is 2.47. The molecule has 0 aromatic heterocycles. The van der Waals surface area contributed by atoms with Crippen LogP contribution in [0.2, 0.25) is 0 Å². The molecule has 1 rings (SSSR count). The molecule has 0 unspecified atom stereocenters. The van der Waals surface area contributed by atoms with Gasteiger partial charge in [0.05, 0.1) is 5.56 Å². The topological polar surface area (TPSA) is 26.3 Å². The van der Waals surface area contributed by atoms with E-state index in [0.29, 0.717) is 6.07 Å². The summed E-state index contributed by atoms with van der Waals surface area (Å²) in [5, 5.41) is 0. The number of aryl methyl sites for hydroxylation is 1. The molecule has 0 bridgehead atoms. The fraction of sp³-hybridized carbons (Fsp3) is 0.417. The van der Waals surface area contributed by atoms with E-state index in [9.17, 15) is 26.7 Å². The van der Waals surface area contributed by atoms with Crippen LogP contribution in [0.5, 0.6) is 5.75 Å². The van der Waals surface area contributed by atoms with Gasteiger partial charge in [0.15, 0.2) is 5.78 Å². The van der Waals surface area contributed by atoms with Gasteiger partial charge in [0.25, 0.3) is 0 Å². The van der Waals surface area contributed by atoms with Crippen molar-refractivity contribution in [2.24, 2.45) is 0 Å². The minimum Gasteiger partial charge on any atom is -0.434 e. The van der Waals surface area contributed by atoms with Crippen molar-refractivity contribution in [3.63, 3.8) is 0 Å². The molecule has 7 heteroatoms. The number of hydrogen-bond donors (Lipinski definition) is 0. The summed E-state index contributed by atoms with van der Waals surface area (Å²) in [6, 6.07) is 1.66. The standard InChI is InChI=1S/C12H11F5O2/c1-3-7-4-8(6(2)18)5-9(12(15,16)17)10(7)19-11(13)14/h4-5,11H,3H2,1-2H3. The Morgan fingerprint density at radius 1 is 1.32 bits per heavy atom. The molecule has 0 amide bonds. The fourth-order valence-electron chi connectivity index (χ4n) is 1.59. The molecule has 0 radical (unpaired) electrons. The maximum Gasteiger partial charge on any atom is 0.420 e. The first-order valence-corrected chi connectivity index (χ1v) is 5.36. The molecule has 0 aliphatic heterocycles. The third-order valence-electron chi connectivity index (χ3n) is 2.47. The zero-order chi connectivity index (χ0) is 14.8. The number of rotatable bonds is 4. The Balaban J connectivity index is 3.52. The Bertz CT molecular complexity index is 480. The van der Waals surface area contributed by atoms with Crippen LogP contribution in [0.4, 0.5) is 22.0 Å². The molecule has 0 atom stereocenters. The molecular formula is C12H11F5O2. The van der Waals surface area contributed by atoms with Gasteiger partial charge in [-0.05, 0) is 31.0 Å². The summed E-state index contributed by atoms with van der Waals surface area (Å²) in [6.07, 6.45) is -4.84. The van der Waals surface area contributed by atoms with Crippen molar-refractivity contribution in [2.75, 3.05) is 0 Å². The maximum atomic E-state index is 12.8. The second-order valence-corrected chi connectivity index (χ2v) is 3.80. The van der Waals surface area contributed by atoms with Gasteiger partial charge < -0.3 is 4.74 Å². The van der Waals surface area contributed by atoms with Crippen LogP contribution >= 0.6 is 0 Å². The Morgan fingerprint density at radius 3 is 2.26 bits per heavy atom. The molecule has 0 saturated heterocycles. The van der Waals surface area contributed by atoms with Crippen LogP contribution in [0.25, 0.3) is 0 Å². The number of carbonyl (C=O) groups excluding carboxylic acids is 1. The smallest absolute Gasteiger partial charge is 0.420 e. The summed E-state index contributed by atoms with van der Waals surface area (Å²) in [6.45, 7) is -0.782. The lowest BCUT2D eigenvalue weighted by Gasteiger charge is -2.17. The molecule has 0 heterocycles. The molecule has 1 aromatic rings. The molecule has 19 heavy (non-hydrogen) atoms. The summed E-state index contributed by atoms with van der Waals surface area (Å²) in [4.78, 5) is 11.2. The van der Waals surface area contributed by atoms with Crippen LogP contribution in [0, 0.1) is 0 Å². The van der Waals surface area contributed by atoms with Crippen LogP contribution in [-0.2, 0) is 12.6 Å². The lowest BCUT2D eigenvalue weighted by Crippen LogP contribution is -2.14. The fourth-order valence-corrected chi connectivity index (χ4v) is 1.59. The number of benzene rings is 1. The molecule has 0 N–H and O–H groups in total. The first-order chi connectivity index (χ1) is 8.66. The average molecular weight is 282 g/mol. The highest BCUT2D eigenvalue weighted by atomic mass is 19.4. The highest BCUT2D eigenvalue weighted by Crippen LogP contribution is 2.40. The SMILES string of the molecule is CCc1cc(C(C)=O)cc(C(F)(F)F)c1OC(F)F. The Labute approximate surface area is 106 Å². The highest BCUT2D eigenvalue weighted by Gasteiger charge is 2.37. The molecule has 0 spiro atoms. The summed E-state index contributed by atoms with van der Waals surface area (Å²) < 4.78 is 66.8. The number of ketones is 1. The van der Waals surface area contributed by atoms with Gasteiger partial charge in [-0.3, -0.25) is 4.79 Å². The Morgan fingerprint density at radius 2 is 1.89 bits per heavy atom. The first-order valence-electron chi connectivity index (χ1n) is 5.36.